The van der Waals surface area contributed by atoms with Crippen LogP contribution in [0.25, 0.3) is 0 Å². The molecule has 0 saturated carbocycles. The molecule has 110 valence electrons. The molecule has 0 fully saturated rings. The number of nitrogen functional groups attached to an aromatic ring is 1. The number of nitrogens with two attached hydrogens (primary N) is 1. The third kappa shape index (κ3) is 4.95. The number of anilines is 2. The molecule has 0 atom stereocenters. The van der Waals surface area contributed by atoms with Crippen molar-refractivity contribution in [2.75, 3.05) is 11.1 Å². The number of unbranched alkanes of at least 4 members (excludes halogenated alkanes) is 1. The molecule has 0 saturated heterocycles. The Kier molecular flexibility index (Phi) is 5.38. The Labute approximate surface area is 126 Å². The molecule has 0 aliphatic heterocycles. The summed E-state index contributed by atoms with van der Waals surface area (Å²) in [6.07, 6.45) is 3.84. The summed E-state index contributed by atoms with van der Waals surface area (Å²) in [5.74, 6) is -0.0129. The molecule has 0 aliphatic rings. The van der Waals surface area contributed by atoms with Gasteiger partial charge in [0.1, 0.15) is 0 Å². The summed E-state index contributed by atoms with van der Waals surface area (Å²) in [4.78, 5) is 12.0. The van der Waals surface area contributed by atoms with E-state index < -0.39 is 0 Å². The van der Waals surface area contributed by atoms with Gasteiger partial charge in [0.05, 0.1) is 6.42 Å². The first-order valence-corrected chi connectivity index (χ1v) is 7.40. The highest BCUT2D eigenvalue weighted by Gasteiger charge is 2.04. The summed E-state index contributed by atoms with van der Waals surface area (Å²) in [6.45, 7) is 2.19. The van der Waals surface area contributed by atoms with Crippen LogP contribution in [-0.4, -0.2) is 5.91 Å². The molecule has 0 unspecified atom stereocenters. The highest BCUT2D eigenvalue weighted by atomic mass is 16.1. The maximum absolute atomic E-state index is 12.0. The molecule has 0 radical (unpaired) electrons. The van der Waals surface area contributed by atoms with E-state index in [2.05, 4.69) is 24.4 Å². The van der Waals surface area contributed by atoms with E-state index in [1.54, 1.807) is 0 Å². The number of carbonyl (C=O) groups is 1. The average Bonchev–Trinajstić information content (AvgIpc) is 2.49. The average molecular weight is 282 g/mol. The van der Waals surface area contributed by atoms with Crippen LogP contribution in [0.2, 0.25) is 0 Å². The fourth-order valence-corrected chi connectivity index (χ4v) is 2.16. The Morgan fingerprint density at radius 3 is 2.24 bits per heavy atom. The Balaban J connectivity index is 1.88. The molecule has 0 spiro atoms. The summed E-state index contributed by atoms with van der Waals surface area (Å²) in [5.41, 5.74) is 9.46. The monoisotopic (exact) mass is 282 g/mol. The second kappa shape index (κ2) is 7.48. The van der Waals surface area contributed by atoms with Crippen molar-refractivity contribution < 1.29 is 4.79 Å². The van der Waals surface area contributed by atoms with Gasteiger partial charge in [-0.25, -0.2) is 0 Å². The quantitative estimate of drug-likeness (QED) is 0.792. The predicted octanol–water partition coefficient (Wildman–Crippen LogP) is 3.79. The predicted molar refractivity (Wildman–Crippen MR) is 88.2 cm³/mol. The van der Waals surface area contributed by atoms with Crippen LogP contribution >= 0.6 is 0 Å². The van der Waals surface area contributed by atoms with Crippen LogP contribution in [0.4, 0.5) is 11.4 Å². The minimum atomic E-state index is -0.0129. The van der Waals surface area contributed by atoms with Gasteiger partial charge in [-0.05, 0) is 48.2 Å². The van der Waals surface area contributed by atoms with Crippen LogP contribution < -0.4 is 11.1 Å². The lowest BCUT2D eigenvalue weighted by Crippen LogP contribution is -2.14. The lowest BCUT2D eigenvalue weighted by molar-refractivity contribution is -0.115. The lowest BCUT2D eigenvalue weighted by atomic mass is 10.1. The normalized spacial score (nSPS) is 10.3. The van der Waals surface area contributed by atoms with Crippen LogP contribution in [0.5, 0.6) is 0 Å². The summed E-state index contributed by atoms with van der Waals surface area (Å²) in [7, 11) is 0. The molecule has 2 rings (SSSR count). The van der Waals surface area contributed by atoms with Crippen molar-refractivity contribution in [3.05, 3.63) is 59.7 Å². The fraction of sp³-hybridized carbons (Fsp3) is 0.278. The van der Waals surface area contributed by atoms with Crippen LogP contribution in [0.3, 0.4) is 0 Å². The zero-order chi connectivity index (χ0) is 15.1. The van der Waals surface area contributed by atoms with E-state index in [-0.39, 0.29) is 5.91 Å². The van der Waals surface area contributed by atoms with E-state index >= 15 is 0 Å². The van der Waals surface area contributed by atoms with E-state index in [1.807, 2.05) is 36.4 Å². The Bertz CT molecular complexity index is 573. The van der Waals surface area contributed by atoms with Gasteiger partial charge in [0.25, 0.3) is 0 Å². The van der Waals surface area contributed by atoms with Gasteiger partial charge in [-0.1, -0.05) is 37.6 Å². The summed E-state index contributed by atoms with van der Waals surface area (Å²) >= 11 is 0. The zero-order valence-electron chi connectivity index (χ0n) is 12.4. The van der Waals surface area contributed by atoms with E-state index in [9.17, 15) is 4.79 Å². The van der Waals surface area contributed by atoms with Crippen molar-refractivity contribution in [3.8, 4) is 0 Å². The van der Waals surface area contributed by atoms with Crippen LogP contribution in [0.15, 0.2) is 48.5 Å². The number of rotatable bonds is 6. The maximum Gasteiger partial charge on any atom is 0.228 e. The molecule has 0 aromatic heterocycles. The van der Waals surface area contributed by atoms with Crippen molar-refractivity contribution in [2.24, 2.45) is 0 Å². The minimum absolute atomic E-state index is 0.0129. The number of nitrogens with one attached hydrogen (secondary N) is 1. The minimum Gasteiger partial charge on any atom is -0.399 e. The Hall–Kier alpha value is -2.29. The van der Waals surface area contributed by atoms with Crippen LogP contribution in [-0.2, 0) is 17.6 Å². The molecular weight excluding hydrogens is 260 g/mol. The van der Waals surface area contributed by atoms with Crippen molar-refractivity contribution in [3.63, 3.8) is 0 Å². The summed E-state index contributed by atoms with van der Waals surface area (Å²) in [5, 5.41) is 2.92. The van der Waals surface area contributed by atoms with Gasteiger partial charge in [0.15, 0.2) is 0 Å². The van der Waals surface area contributed by atoms with Gasteiger partial charge in [-0.3, -0.25) is 4.79 Å². The molecule has 21 heavy (non-hydrogen) atoms. The first-order valence-electron chi connectivity index (χ1n) is 7.40. The number of aryl methyl sites for hydroxylation is 1. The maximum atomic E-state index is 12.0. The molecule has 3 nitrogen and oxygen atoms in total. The van der Waals surface area contributed by atoms with Crippen molar-refractivity contribution in [1.82, 2.24) is 0 Å². The van der Waals surface area contributed by atoms with Crippen LogP contribution in [0.1, 0.15) is 30.9 Å². The van der Waals surface area contributed by atoms with Crippen molar-refractivity contribution in [2.45, 2.75) is 32.6 Å². The summed E-state index contributed by atoms with van der Waals surface area (Å²) < 4.78 is 0. The standard InChI is InChI=1S/C18H22N2O/c1-2-3-4-14-7-11-17(12-8-14)20-18(21)13-15-5-9-16(19)10-6-15/h5-12H,2-4,13,19H2,1H3,(H,20,21). The van der Waals surface area contributed by atoms with Crippen molar-refractivity contribution in [1.29, 1.82) is 0 Å². The molecule has 1 amide bonds. The number of benzene rings is 2. The molecule has 0 bridgehead atoms. The first-order chi connectivity index (χ1) is 10.2. The van der Waals surface area contributed by atoms with Gasteiger partial charge in [-0.15, -0.1) is 0 Å². The molecule has 2 aromatic carbocycles. The van der Waals surface area contributed by atoms with E-state index in [4.69, 9.17) is 5.73 Å². The number of hydrogen-bond donors (Lipinski definition) is 2. The van der Waals surface area contributed by atoms with Gasteiger partial charge in [0.2, 0.25) is 5.91 Å². The summed E-state index contributed by atoms with van der Waals surface area (Å²) in [6, 6.07) is 15.5. The topological polar surface area (TPSA) is 55.1 Å². The van der Waals surface area contributed by atoms with Crippen molar-refractivity contribution >= 4 is 17.3 Å². The molecular formula is C18H22N2O. The second-order valence-corrected chi connectivity index (χ2v) is 5.27. The smallest absolute Gasteiger partial charge is 0.228 e. The van der Waals surface area contributed by atoms with Gasteiger partial charge in [0, 0.05) is 11.4 Å². The third-order valence-electron chi connectivity index (χ3n) is 3.40. The van der Waals surface area contributed by atoms with Gasteiger partial charge < -0.3 is 11.1 Å². The number of carbonyl (C=O) groups excluding carboxylic acids is 1. The molecule has 3 heteroatoms. The number of hydrogen-bond acceptors (Lipinski definition) is 2. The third-order valence-corrected chi connectivity index (χ3v) is 3.40. The highest BCUT2D eigenvalue weighted by Crippen LogP contribution is 2.13. The van der Waals surface area contributed by atoms with Gasteiger partial charge in [-0.2, -0.15) is 0 Å². The second-order valence-electron chi connectivity index (χ2n) is 5.27. The van der Waals surface area contributed by atoms with E-state index in [1.165, 1.54) is 18.4 Å². The van der Waals surface area contributed by atoms with Crippen LogP contribution in [0, 0.1) is 0 Å². The number of amides is 1. The Morgan fingerprint density at radius 2 is 1.62 bits per heavy atom. The van der Waals surface area contributed by atoms with E-state index in [0.717, 1.165) is 17.7 Å². The first kappa shape index (κ1) is 15.1. The molecule has 2 aromatic rings. The molecule has 3 N–H and O–H groups in total. The lowest BCUT2D eigenvalue weighted by Gasteiger charge is -2.07. The Morgan fingerprint density at radius 1 is 1.00 bits per heavy atom. The largest absolute Gasteiger partial charge is 0.399 e. The SMILES string of the molecule is CCCCc1ccc(NC(=O)Cc2ccc(N)cc2)cc1. The zero-order valence-corrected chi connectivity index (χ0v) is 12.4. The van der Waals surface area contributed by atoms with Gasteiger partial charge >= 0.3 is 0 Å². The molecule has 0 heterocycles. The fourth-order valence-electron chi connectivity index (χ4n) is 2.16. The highest BCUT2D eigenvalue weighted by molar-refractivity contribution is 5.92. The molecule has 0 aliphatic carbocycles. The van der Waals surface area contributed by atoms with E-state index in [0.29, 0.717) is 12.1 Å².